The van der Waals surface area contributed by atoms with Crippen LogP contribution in [0, 0.1) is 12.3 Å². The Balaban J connectivity index is 2.12. The predicted octanol–water partition coefficient (Wildman–Crippen LogP) is 1.40. The van der Waals surface area contributed by atoms with E-state index in [1.54, 1.807) is 0 Å². The van der Waals surface area contributed by atoms with Crippen LogP contribution in [0.1, 0.15) is 26.1 Å². The highest BCUT2D eigenvalue weighted by Gasteiger charge is 2.47. The summed E-state index contributed by atoms with van der Waals surface area (Å²) in [4.78, 5) is 8.59. The van der Waals surface area contributed by atoms with Crippen molar-refractivity contribution in [2.24, 2.45) is 5.41 Å². The van der Waals surface area contributed by atoms with Gasteiger partial charge < -0.3 is 15.7 Å². The maximum absolute atomic E-state index is 9.69. The van der Waals surface area contributed by atoms with Crippen molar-refractivity contribution in [2.75, 3.05) is 17.7 Å². The molecule has 0 saturated heterocycles. The predicted molar refractivity (Wildman–Crippen MR) is 68.1 cm³/mol. The molecular formula is C12H20N4O. The Hall–Kier alpha value is -1.36. The maximum Gasteiger partial charge on any atom is 0.132 e. The van der Waals surface area contributed by atoms with E-state index in [0.717, 1.165) is 23.9 Å². The quantitative estimate of drug-likeness (QED) is 0.740. The van der Waals surface area contributed by atoms with Gasteiger partial charge in [-0.1, -0.05) is 13.8 Å². The second-order valence-corrected chi connectivity index (χ2v) is 5.21. The van der Waals surface area contributed by atoms with Crippen molar-refractivity contribution >= 4 is 11.6 Å². The summed E-state index contributed by atoms with van der Waals surface area (Å²) in [5.74, 6) is 2.35. The molecule has 1 aromatic rings. The summed E-state index contributed by atoms with van der Waals surface area (Å²) in [5, 5.41) is 16.1. The van der Waals surface area contributed by atoms with Gasteiger partial charge in [0.1, 0.15) is 17.5 Å². The van der Waals surface area contributed by atoms with Crippen molar-refractivity contribution in [2.45, 2.75) is 39.3 Å². The van der Waals surface area contributed by atoms with Gasteiger partial charge in [0.25, 0.3) is 0 Å². The Morgan fingerprint density at radius 2 is 2.00 bits per heavy atom. The van der Waals surface area contributed by atoms with Gasteiger partial charge in [-0.25, -0.2) is 9.97 Å². The lowest BCUT2D eigenvalue weighted by Gasteiger charge is -2.49. The van der Waals surface area contributed by atoms with Crippen LogP contribution < -0.4 is 10.6 Å². The largest absolute Gasteiger partial charge is 0.392 e. The highest BCUT2D eigenvalue weighted by molar-refractivity contribution is 5.48. The monoisotopic (exact) mass is 236 g/mol. The van der Waals surface area contributed by atoms with Crippen molar-refractivity contribution in [3.63, 3.8) is 0 Å². The summed E-state index contributed by atoms with van der Waals surface area (Å²) in [5.41, 5.74) is -0.0986. The zero-order valence-electron chi connectivity index (χ0n) is 10.8. The van der Waals surface area contributed by atoms with Crippen LogP contribution in [0.4, 0.5) is 11.6 Å². The fourth-order valence-corrected chi connectivity index (χ4v) is 2.10. The van der Waals surface area contributed by atoms with Crippen molar-refractivity contribution in [3.8, 4) is 0 Å². The van der Waals surface area contributed by atoms with Crippen molar-refractivity contribution in [1.82, 2.24) is 9.97 Å². The molecule has 0 aliphatic heterocycles. The minimum Gasteiger partial charge on any atom is -0.392 e. The molecule has 2 unspecified atom stereocenters. The van der Waals surface area contributed by atoms with Crippen LogP contribution in [-0.4, -0.2) is 34.3 Å². The molecule has 1 aromatic heterocycles. The molecule has 1 heterocycles. The van der Waals surface area contributed by atoms with E-state index in [1.807, 2.05) is 20.0 Å². The van der Waals surface area contributed by atoms with Gasteiger partial charge in [0.05, 0.1) is 6.10 Å². The third-order valence-electron chi connectivity index (χ3n) is 3.63. The van der Waals surface area contributed by atoms with E-state index in [9.17, 15) is 5.11 Å². The van der Waals surface area contributed by atoms with Gasteiger partial charge >= 0.3 is 0 Å². The molecule has 17 heavy (non-hydrogen) atoms. The Labute approximate surface area is 102 Å². The van der Waals surface area contributed by atoms with E-state index >= 15 is 0 Å². The summed E-state index contributed by atoms with van der Waals surface area (Å²) in [6, 6.07) is 2.14. The van der Waals surface area contributed by atoms with E-state index in [0.29, 0.717) is 0 Å². The number of aliphatic hydroxyl groups is 1. The lowest BCUT2D eigenvalue weighted by atomic mass is 9.64. The SMILES string of the molecule is CNc1cc(NC2CC(O)C2(C)C)nc(C)n1. The lowest BCUT2D eigenvalue weighted by Crippen LogP contribution is -2.57. The number of nitrogens with one attached hydrogen (secondary N) is 2. The molecule has 0 radical (unpaired) electrons. The molecule has 0 spiro atoms. The number of hydrogen-bond acceptors (Lipinski definition) is 5. The van der Waals surface area contributed by atoms with Gasteiger partial charge in [-0.15, -0.1) is 0 Å². The number of aliphatic hydroxyl groups excluding tert-OH is 1. The Bertz CT molecular complexity index is 419. The molecule has 5 heteroatoms. The normalized spacial score (nSPS) is 26.2. The van der Waals surface area contributed by atoms with E-state index in [1.165, 1.54) is 0 Å². The molecule has 0 amide bonds. The number of nitrogens with zero attached hydrogens (tertiary/aromatic N) is 2. The number of aromatic nitrogens is 2. The van der Waals surface area contributed by atoms with Gasteiger partial charge in [0.15, 0.2) is 0 Å². The zero-order valence-corrected chi connectivity index (χ0v) is 10.8. The number of aryl methyl sites for hydroxylation is 1. The van der Waals surface area contributed by atoms with Crippen LogP contribution in [0.25, 0.3) is 0 Å². The van der Waals surface area contributed by atoms with E-state index in [4.69, 9.17) is 0 Å². The standard InChI is InChI=1S/C12H20N4O/c1-7-14-10(13-4)6-11(15-7)16-8-5-9(17)12(8,2)3/h6,8-9,17H,5H2,1-4H3,(H2,13,14,15,16). The average Bonchev–Trinajstić information content (AvgIpc) is 2.28. The number of hydrogen-bond donors (Lipinski definition) is 3. The summed E-state index contributed by atoms with van der Waals surface area (Å²) < 4.78 is 0. The van der Waals surface area contributed by atoms with Crippen molar-refractivity contribution < 1.29 is 5.11 Å². The maximum atomic E-state index is 9.69. The summed E-state index contributed by atoms with van der Waals surface area (Å²) in [6.07, 6.45) is 0.539. The molecule has 0 aromatic carbocycles. The number of rotatable bonds is 3. The van der Waals surface area contributed by atoms with Crippen molar-refractivity contribution in [1.29, 1.82) is 0 Å². The first kappa shape index (κ1) is 12.1. The molecule has 1 fully saturated rings. The molecule has 1 aliphatic rings. The minimum absolute atomic E-state index is 0.0986. The van der Waals surface area contributed by atoms with E-state index in [-0.39, 0.29) is 17.6 Å². The second kappa shape index (κ2) is 4.14. The molecule has 2 rings (SSSR count). The topological polar surface area (TPSA) is 70.1 Å². The summed E-state index contributed by atoms with van der Waals surface area (Å²) >= 11 is 0. The van der Waals surface area contributed by atoms with Gasteiger partial charge in [-0.05, 0) is 13.3 Å². The van der Waals surface area contributed by atoms with Gasteiger partial charge in [-0.3, -0.25) is 0 Å². The first-order valence-corrected chi connectivity index (χ1v) is 5.91. The molecule has 94 valence electrons. The van der Waals surface area contributed by atoms with Crippen LogP contribution in [0.15, 0.2) is 6.07 Å². The Kier molecular flexibility index (Phi) is 2.95. The molecule has 0 bridgehead atoms. The van der Waals surface area contributed by atoms with Crippen LogP contribution in [0.5, 0.6) is 0 Å². The summed E-state index contributed by atoms with van der Waals surface area (Å²) in [7, 11) is 1.84. The molecule has 1 saturated carbocycles. The zero-order chi connectivity index (χ0) is 12.6. The second-order valence-electron chi connectivity index (χ2n) is 5.21. The first-order chi connectivity index (χ1) is 7.93. The van der Waals surface area contributed by atoms with E-state index in [2.05, 4.69) is 34.4 Å². The third-order valence-corrected chi connectivity index (χ3v) is 3.63. The van der Waals surface area contributed by atoms with Gasteiger partial charge in [0.2, 0.25) is 0 Å². The van der Waals surface area contributed by atoms with Crippen LogP contribution >= 0.6 is 0 Å². The lowest BCUT2D eigenvalue weighted by molar-refractivity contribution is -0.0511. The molecule has 1 aliphatic carbocycles. The Morgan fingerprint density at radius 1 is 1.35 bits per heavy atom. The van der Waals surface area contributed by atoms with Crippen LogP contribution in [0.2, 0.25) is 0 Å². The smallest absolute Gasteiger partial charge is 0.132 e. The molecule has 3 N–H and O–H groups in total. The fraction of sp³-hybridized carbons (Fsp3) is 0.667. The van der Waals surface area contributed by atoms with Gasteiger partial charge in [0, 0.05) is 24.6 Å². The van der Waals surface area contributed by atoms with Crippen LogP contribution in [0.3, 0.4) is 0 Å². The third kappa shape index (κ3) is 2.20. The first-order valence-electron chi connectivity index (χ1n) is 5.91. The highest BCUT2D eigenvalue weighted by atomic mass is 16.3. The van der Waals surface area contributed by atoms with Gasteiger partial charge in [-0.2, -0.15) is 0 Å². The average molecular weight is 236 g/mol. The molecule has 2 atom stereocenters. The summed E-state index contributed by atoms with van der Waals surface area (Å²) in [6.45, 7) is 5.99. The number of anilines is 2. The minimum atomic E-state index is -0.230. The van der Waals surface area contributed by atoms with Crippen LogP contribution in [-0.2, 0) is 0 Å². The van der Waals surface area contributed by atoms with Crippen molar-refractivity contribution in [3.05, 3.63) is 11.9 Å². The highest BCUT2D eigenvalue weighted by Crippen LogP contribution is 2.42. The fourth-order valence-electron chi connectivity index (χ4n) is 2.10. The molecular weight excluding hydrogens is 216 g/mol. The Morgan fingerprint density at radius 3 is 2.53 bits per heavy atom. The molecule has 5 nitrogen and oxygen atoms in total. The van der Waals surface area contributed by atoms with E-state index < -0.39 is 0 Å².